The Morgan fingerprint density at radius 2 is 1.68 bits per heavy atom. The fourth-order valence-electron chi connectivity index (χ4n) is 3.12. The first kappa shape index (κ1) is 15.6. The summed E-state index contributed by atoms with van der Waals surface area (Å²) >= 11 is 0. The molecule has 2 aromatic rings. The highest BCUT2D eigenvalue weighted by molar-refractivity contribution is 5.95. The fraction of sp³-hybridized carbons (Fsp3) is 0.333. The van der Waals surface area contributed by atoms with Gasteiger partial charge in [-0.1, -0.05) is 6.07 Å². The number of hydrogen-bond donors (Lipinski definition) is 3. The van der Waals surface area contributed by atoms with Crippen molar-refractivity contribution in [3.8, 4) is 5.69 Å². The number of hydrogen-bond acceptors (Lipinski definition) is 3. The van der Waals surface area contributed by atoms with Gasteiger partial charge in [0, 0.05) is 31.5 Å². The Bertz CT molecular complexity index is 793. The summed E-state index contributed by atoms with van der Waals surface area (Å²) in [5.41, 5.74) is 1.77. The van der Waals surface area contributed by atoms with E-state index in [-0.39, 0.29) is 17.6 Å². The minimum absolute atomic E-state index is 0.0738. The molecule has 3 N–H and O–H groups in total. The van der Waals surface area contributed by atoms with E-state index in [1.165, 1.54) is 0 Å². The van der Waals surface area contributed by atoms with E-state index >= 15 is 0 Å². The van der Waals surface area contributed by atoms with Gasteiger partial charge in [-0.15, -0.1) is 0 Å². The molecule has 0 unspecified atom stereocenters. The SMILES string of the molecule is O=C(NC1CC1)NC1CN(c2cccc(C(=O)O)c2-n2cccc2)C1. The van der Waals surface area contributed by atoms with Crippen LogP contribution in [0.1, 0.15) is 23.2 Å². The molecule has 1 saturated carbocycles. The molecular formula is C18H20N4O3. The maximum Gasteiger partial charge on any atom is 0.337 e. The van der Waals surface area contributed by atoms with Gasteiger partial charge in [-0.3, -0.25) is 0 Å². The maximum absolute atomic E-state index is 11.8. The second-order valence-electron chi connectivity index (χ2n) is 6.56. The molecule has 0 radical (unpaired) electrons. The molecule has 1 saturated heterocycles. The number of carbonyl (C=O) groups excluding carboxylic acids is 1. The van der Waals surface area contributed by atoms with Crippen LogP contribution in [0.25, 0.3) is 5.69 Å². The molecule has 2 aliphatic rings. The molecule has 130 valence electrons. The highest BCUT2D eigenvalue weighted by Gasteiger charge is 2.32. The van der Waals surface area contributed by atoms with Gasteiger partial charge < -0.3 is 25.2 Å². The molecule has 1 aromatic carbocycles. The number of carboxylic acids is 1. The molecule has 0 spiro atoms. The van der Waals surface area contributed by atoms with Gasteiger partial charge >= 0.3 is 12.0 Å². The van der Waals surface area contributed by atoms with Gasteiger partial charge in [-0.2, -0.15) is 0 Å². The predicted molar refractivity (Wildman–Crippen MR) is 93.4 cm³/mol. The third-order valence-electron chi connectivity index (χ3n) is 4.58. The minimum atomic E-state index is -0.954. The van der Waals surface area contributed by atoms with Crippen LogP contribution in [-0.4, -0.2) is 46.8 Å². The highest BCUT2D eigenvalue weighted by atomic mass is 16.4. The van der Waals surface area contributed by atoms with Crippen LogP contribution < -0.4 is 15.5 Å². The molecule has 1 aliphatic heterocycles. The lowest BCUT2D eigenvalue weighted by Crippen LogP contribution is -2.61. The average Bonchev–Trinajstić information content (AvgIpc) is 3.19. The number of amides is 2. The summed E-state index contributed by atoms with van der Waals surface area (Å²) in [6.07, 6.45) is 5.80. The van der Waals surface area contributed by atoms with Crippen molar-refractivity contribution in [2.24, 2.45) is 0 Å². The summed E-state index contributed by atoms with van der Waals surface area (Å²) < 4.78 is 1.82. The predicted octanol–water partition coefficient (Wildman–Crippen LogP) is 1.83. The Morgan fingerprint density at radius 3 is 2.32 bits per heavy atom. The van der Waals surface area contributed by atoms with Crippen molar-refractivity contribution in [2.45, 2.75) is 24.9 Å². The van der Waals surface area contributed by atoms with E-state index in [1.54, 1.807) is 12.1 Å². The lowest BCUT2D eigenvalue weighted by molar-refractivity contribution is 0.0697. The van der Waals surface area contributed by atoms with E-state index in [0.717, 1.165) is 18.5 Å². The van der Waals surface area contributed by atoms with E-state index in [1.807, 2.05) is 35.2 Å². The maximum atomic E-state index is 11.8. The number of aromatic nitrogens is 1. The Kier molecular flexibility index (Phi) is 3.83. The second kappa shape index (κ2) is 6.16. The first-order valence-electron chi connectivity index (χ1n) is 8.43. The number of urea groups is 1. The van der Waals surface area contributed by atoms with Crippen LogP contribution in [0.15, 0.2) is 42.7 Å². The number of rotatable bonds is 5. The van der Waals surface area contributed by atoms with Crippen molar-refractivity contribution >= 4 is 17.7 Å². The third kappa shape index (κ3) is 3.17. The second-order valence-corrected chi connectivity index (χ2v) is 6.56. The lowest BCUT2D eigenvalue weighted by Gasteiger charge is -2.42. The van der Waals surface area contributed by atoms with Crippen LogP contribution in [0, 0.1) is 0 Å². The Balaban J connectivity index is 1.50. The molecule has 7 nitrogen and oxygen atoms in total. The van der Waals surface area contributed by atoms with E-state index in [9.17, 15) is 14.7 Å². The largest absolute Gasteiger partial charge is 0.478 e. The molecule has 0 atom stereocenters. The summed E-state index contributed by atoms with van der Waals surface area (Å²) in [4.78, 5) is 25.5. The number of nitrogens with one attached hydrogen (secondary N) is 2. The minimum Gasteiger partial charge on any atom is -0.478 e. The van der Waals surface area contributed by atoms with Crippen molar-refractivity contribution in [3.05, 3.63) is 48.3 Å². The molecular weight excluding hydrogens is 320 g/mol. The fourth-order valence-corrected chi connectivity index (χ4v) is 3.12. The van der Waals surface area contributed by atoms with Crippen LogP contribution in [0.4, 0.5) is 10.5 Å². The van der Waals surface area contributed by atoms with E-state index in [2.05, 4.69) is 15.5 Å². The van der Waals surface area contributed by atoms with Gasteiger partial charge in [0.2, 0.25) is 0 Å². The lowest BCUT2D eigenvalue weighted by atomic mass is 10.0. The zero-order valence-corrected chi connectivity index (χ0v) is 13.7. The van der Waals surface area contributed by atoms with Crippen molar-refractivity contribution < 1.29 is 14.7 Å². The number of aromatic carboxylic acids is 1. The molecule has 1 aromatic heterocycles. The quantitative estimate of drug-likeness (QED) is 0.775. The first-order chi connectivity index (χ1) is 12.1. The van der Waals surface area contributed by atoms with E-state index < -0.39 is 5.97 Å². The van der Waals surface area contributed by atoms with Crippen LogP contribution >= 0.6 is 0 Å². The van der Waals surface area contributed by atoms with Crippen LogP contribution in [-0.2, 0) is 0 Å². The van der Waals surface area contributed by atoms with Crippen molar-refractivity contribution in [1.29, 1.82) is 0 Å². The van der Waals surface area contributed by atoms with Crippen molar-refractivity contribution in [3.63, 3.8) is 0 Å². The molecule has 25 heavy (non-hydrogen) atoms. The number of carbonyl (C=O) groups is 2. The highest BCUT2D eigenvalue weighted by Crippen LogP contribution is 2.31. The first-order valence-corrected chi connectivity index (χ1v) is 8.43. The summed E-state index contributed by atoms with van der Waals surface area (Å²) in [6, 6.07) is 9.32. The zero-order chi connectivity index (χ0) is 17.4. The summed E-state index contributed by atoms with van der Waals surface area (Å²) in [5, 5.41) is 15.4. The number of benzene rings is 1. The van der Waals surface area contributed by atoms with Crippen LogP contribution in [0.2, 0.25) is 0 Å². The van der Waals surface area contributed by atoms with E-state index in [4.69, 9.17) is 0 Å². The molecule has 2 fully saturated rings. The van der Waals surface area contributed by atoms with Crippen LogP contribution in [0.3, 0.4) is 0 Å². The molecule has 2 heterocycles. The Morgan fingerprint density at radius 1 is 1.00 bits per heavy atom. The number of para-hydroxylation sites is 1. The third-order valence-corrected chi connectivity index (χ3v) is 4.58. The normalized spacial score (nSPS) is 17.0. The molecule has 0 bridgehead atoms. The Hall–Kier alpha value is -2.96. The smallest absolute Gasteiger partial charge is 0.337 e. The van der Waals surface area contributed by atoms with Crippen LogP contribution in [0.5, 0.6) is 0 Å². The molecule has 2 amide bonds. The Labute approximate surface area is 145 Å². The molecule has 1 aliphatic carbocycles. The average molecular weight is 340 g/mol. The molecule has 4 rings (SSSR count). The molecule has 7 heteroatoms. The van der Waals surface area contributed by atoms with Crippen molar-refractivity contribution in [2.75, 3.05) is 18.0 Å². The monoisotopic (exact) mass is 340 g/mol. The number of carboxylic acid groups (broad SMARTS) is 1. The topological polar surface area (TPSA) is 86.6 Å². The van der Waals surface area contributed by atoms with Gasteiger partial charge in [0.1, 0.15) is 0 Å². The standard InChI is InChI=1S/C18H20N4O3/c23-17(24)14-4-3-5-15(16(14)21-8-1-2-9-21)22-10-13(11-22)20-18(25)19-12-6-7-12/h1-5,8-9,12-13H,6-7,10-11H2,(H,23,24)(H2,19,20,25). The van der Waals surface area contributed by atoms with Gasteiger partial charge in [0.25, 0.3) is 0 Å². The van der Waals surface area contributed by atoms with E-state index in [0.29, 0.717) is 24.8 Å². The van der Waals surface area contributed by atoms with Gasteiger partial charge in [-0.25, -0.2) is 9.59 Å². The summed E-state index contributed by atoms with van der Waals surface area (Å²) in [7, 11) is 0. The zero-order valence-electron chi connectivity index (χ0n) is 13.7. The summed E-state index contributed by atoms with van der Waals surface area (Å²) in [6.45, 7) is 1.32. The van der Waals surface area contributed by atoms with Gasteiger partial charge in [0.05, 0.1) is 23.0 Å². The van der Waals surface area contributed by atoms with Crippen molar-refractivity contribution in [1.82, 2.24) is 15.2 Å². The van der Waals surface area contributed by atoms with Gasteiger partial charge in [-0.05, 0) is 37.1 Å². The van der Waals surface area contributed by atoms with Gasteiger partial charge in [0.15, 0.2) is 0 Å². The number of nitrogens with zero attached hydrogens (tertiary/aromatic N) is 2. The summed E-state index contributed by atoms with van der Waals surface area (Å²) in [5.74, 6) is -0.954. The number of anilines is 1.